The highest BCUT2D eigenvalue weighted by atomic mass is 16.6. The zero-order valence-electron chi connectivity index (χ0n) is 4.06. The van der Waals surface area contributed by atoms with E-state index < -0.39 is 0 Å². The van der Waals surface area contributed by atoms with E-state index in [1.54, 1.807) is 0 Å². The van der Waals surface area contributed by atoms with Crippen LogP contribution in [0.1, 0.15) is 13.8 Å². The van der Waals surface area contributed by atoms with Crippen LogP contribution in [0.2, 0.25) is 0 Å². The number of hydrogen-bond acceptors (Lipinski definition) is 2. The van der Waals surface area contributed by atoms with Gasteiger partial charge in [-0.2, -0.15) is 0 Å². The van der Waals surface area contributed by atoms with Gasteiger partial charge >= 0.3 is 0 Å². The second-order valence-corrected chi connectivity index (χ2v) is 1.94. The molecule has 1 heterocycles. The maximum absolute atomic E-state index is 5.39. The molecule has 0 spiro atoms. The average Bonchev–Trinajstić information content (AvgIpc) is 1.73. The molecule has 2 heteroatoms. The van der Waals surface area contributed by atoms with Crippen molar-refractivity contribution in [1.82, 2.24) is 0 Å². The van der Waals surface area contributed by atoms with Crippen LogP contribution in [0.4, 0.5) is 0 Å². The van der Waals surface area contributed by atoms with Crippen LogP contribution in [-0.2, 0) is 4.74 Å². The summed E-state index contributed by atoms with van der Waals surface area (Å²) in [4.78, 5) is 0. The zero-order chi connectivity index (χ0) is 4.78. The number of epoxide rings is 1. The largest absolute Gasteiger partial charge is 0.351 e. The molecule has 0 bridgehead atoms. The van der Waals surface area contributed by atoms with Crippen LogP contribution < -0.4 is 5.73 Å². The molecule has 1 aliphatic rings. The summed E-state index contributed by atoms with van der Waals surface area (Å²) < 4.78 is 4.88. The van der Waals surface area contributed by atoms with Crippen molar-refractivity contribution in [3.63, 3.8) is 0 Å². The van der Waals surface area contributed by atoms with Gasteiger partial charge in [-0.3, -0.25) is 0 Å². The molecule has 2 N–H and O–H groups in total. The van der Waals surface area contributed by atoms with Crippen molar-refractivity contribution in [2.75, 3.05) is 0 Å². The van der Waals surface area contributed by atoms with Gasteiger partial charge in [0.1, 0.15) is 5.72 Å². The van der Waals surface area contributed by atoms with Crippen molar-refractivity contribution in [1.29, 1.82) is 0 Å². The van der Waals surface area contributed by atoms with Gasteiger partial charge in [0.15, 0.2) is 0 Å². The average molecular weight is 87.1 g/mol. The molecule has 0 aromatic heterocycles. The fourth-order valence-corrected chi connectivity index (χ4v) is 0.347. The van der Waals surface area contributed by atoms with Gasteiger partial charge < -0.3 is 10.5 Å². The topological polar surface area (TPSA) is 38.5 Å². The van der Waals surface area contributed by atoms with Gasteiger partial charge in [-0.05, 0) is 13.8 Å². The normalized spacial score (nSPS) is 55.5. The Morgan fingerprint density at radius 1 is 1.83 bits per heavy atom. The van der Waals surface area contributed by atoms with E-state index in [0.717, 1.165) is 0 Å². The van der Waals surface area contributed by atoms with E-state index in [9.17, 15) is 0 Å². The SMILES string of the molecule is CC1OC1(C)N. The van der Waals surface area contributed by atoms with Gasteiger partial charge in [-0.15, -0.1) is 0 Å². The van der Waals surface area contributed by atoms with Crippen molar-refractivity contribution < 1.29 is 4.74 Å². The first-order chi connectivity index (χ1) is 2.63. The summed E-state index contributed by atoms with van der Waals surface area (Å²) in [5, 5.41) is 0. The smallest absolute Gasteiger partial charge is 0.140 e. The van der Waals surface area contributed by atoms with E-state index in [-0.39, 0.29) is 11.8 Å². The van der Waals surface area contributed by atoms with Crippen molar-refractivity contribution in [2.45, 2.75) is 25.7 Å². The van der Waals surface area contributed by atoms with E-state index >= 15 is 0 Å². The molecule has 0 aromatic carbocycles. The second kappa shape index (κ2) is 0.768. The standard InChI is InChI=1S/C4H9NO/c1-3-4(2,5)6-3/h3H,5H2,1-2H3. The molecular formula is C4H9NO. The summed E-state index contributed by atoms with van der Waals surface area (Å²) >= 11 is 0. The fraction of sp³-hybridized carbons (Fsp3) is 1.00. The number of nitrogens with two attached hydrogens (primary N) is 1. The minimum atomic E-state index is -0.292. The Kier molecular flexibility index (Phi) is 0.524. The van der Waals surface area contributed by atoms with Gasteiger partial charge in [0.05, 0.1) is 6.10 Å². The van der Waals surface area contributed by atoms with E-state index in [4.69, 9.17) is 10.5 Å². The zero-order valence-corrected chi connectivity index (χ0v) is 4.06. The number of hydrogen-bond donors (Lipinski definition) is 1. The maximum atomic E-state index is 5.39. The molecule has 36 valence electrons. The maximum Gasteiger partial charge on any atom is 0.140 e. The third kappa shape index (κ3) is 0.420. The second-order valence-electron chi connectivity index (χ2n) is 1.94. The summed E-state index contributed by atoms with van der Waals surface area (Å²) in [7, 11) is 0. The predicted octanol–water partition coefficient (Wildman–Crippen LogP) is 0.0800. The van der Waals surface area contributed by atoms with Gasteiger partial charge in [0.2, 0.25) is 0 Å². The van der Waals surface area contributed by atoms with E-state index in [1.807, 2.05) is 13.8 Å². The first-order valence-electron chi connectivity index (χ1n) is 2.09. The Morgan fingerprint density at radius 2 is 2.00 bits per heavy atom. The third-order valence-corrected chi connectivity index (χ3v) is 1.18. The molecular weight excluding hydrogens is 78.0 g/mol. The quantitative estimate of drug-likeness (QED) is 0.425. The van der Waals surface area contributed by atoms with Crippen LogP contribution >= 0.6 is 0 Å². The van der Waals surface area contributed by atoms with Crippen LogP contribution in [0.3, 0.4) is 0 Å². The molecule has 1 saturated heterocycles. The highest BCUT2D eigenvalue weighted by molar-refractivity contribution is 4.88. The third-order valence-electron chi connectivity index (χ3n) is 1.18. The van der Waals surface area contributed by atoms with Crippen LogP contribution in [-0.4, -0.2) is 11.8 Å². The lowest BCUT2D eigenvalue weighted by atomic mass is 10.3. The Bertz CT molecular complexity index is 69.9. The Labute approximate surface area is 37.3 Å². The van der Waals surface area contributed by atoms with Crippen LogP contribution in [0.15, 0.2) is 0 Å². The molecule has 1 aliphatic heterocycles. The molecule has 0 aliphatic carbocycles. The van der Waals surface area contributed by atoms with Crippen molar-refractivity contribution in [3.8, 4) is 0 Å². The first kappa shape index (κ1) is 4.09. The highest BCUT2D eigenvalue weighted by Gasteiger charge is 2.44. The summed E-state index contributed by atoms with van der Waals surface area (Å²) in [5.41, 5.74) is 5.09. The van der Waals surface area contributed by atoms with Gasteiger partial charge in [0.25, 0.3) is 0 Å². The Hall–Kier alpha value is -0.0800. The lowest BCUT2D eigenvalue weighted by Crippen LogP contribution is -2.20. The number of ether oxygens (including phenoxy) is 1. The van der Waals surface area contributed by atoms with Crippen LogP contribution in [0.5, 0.6) is 0 Å². The minimum Gasteiger partial charge on any atom is -0.351 e. The summed E-state index contributed by atoms with van der Waals surface area (Å²) in [5.74, 6) is 0. The van der Waals surface area contributed by atoms with E-state index in [2.05, 4.69) is 0 Å². The van der Waals surface area contributed by atoms with Crippen molar-refractivity contribution >= 4 is 0 Å². The molecule has 1 fully saturated rings. The molecule has 2 unspecified atom stereocenters. The molecule has 1 rings (SSSR count). The molecule has 0 aromatic rings. The fourth-order valence-electron chi connectivity index (χ4n) is 0.347. The van der Waals surface area contributed by atoms with E-state index in [1.165, 1.54) is 0 Å². The predicted molar refractivity (Wildman–Crippen MR) is 23.1 cm³/mol. The Balaban J connectivity index is 2.41. The molecule has 2 atom stereocenters. The van der Waals surface area contributed by atoms with Crippen LogP contribution in [0.25, 0.3) is 0 Å². The minimum absolute atomic E-state index is 0.275. The van der Waals surface area contributed by atoms with E-state index in [0.29, 0.717) is 0 Å². The molecule has 0 amide bonds. The number of rotatable bonds is 0. The summed E-state index contributed by atoms with van der Waals surface area (Å²) in [6.07, 6.45) is 0.275. The molecule has 0 saturated carbocycles. The summed E-state index contributed by atoms with van der Waals surface area (Å²) in [6, 6.07) is 0. The highest BCUT2D eigenvalue weighted by Crippen LogP contribution is 2.28. The van der Waals surface area contributed by atoms with Gasteiger partial charge in [0, 0.05) is 0 Å². The lowest BCUT2D eigenvalue weighted by molar-refractivity contribution is 0.318. The van der Waals surface area contributed by atoms with Gasteiger partial charge in [-0.25, -0.2) is 0 Å². The lowest BCUT2D eigenvalue weighted by Gasteiger charge is -1.86. The molecule has 6 heavy (non-hydrogen) atoms. The first-order valence-corrected chi connectivity index (χ1v) is 2.09. The van der Waals surface area contributed by atoms with Crippen molar-refractivity contribution in [2.24, 2.45) is 5.73 Å². The monoisotopic (exact) mass is 87.1 g/mol. The summed E-state index contributed by atoms with van der Waals surface area (Å²) in [6.45, 7) is 3.83. The Morgan fingerprint density at radius 3 is 2.00 bits per heavy atom. The molecule has 0 radical (unpaired) electrons. The molecule has 2 nitrogen and oxygen atoms in total. The van der Waals surface area contributed by atoms with Gasteiger partial charge in [-0.1, -0.05) is 0 Å². The van der Waals surface area contributed by atoms with Crippen LogP contribution in [0, 0.1) is 0 Å². The van der Waals surface area contributed by atoms with Crippen molar-refractivity contribution in [3.05, 3.63) is 0 Å².